The summed E-state index contributed by atoms with van der Waals surface area (Å²) in [4.78, 5) is 17.1. The number of hydrogen-bond donors (Lipinski definition) is 0. The van der Waals surface area contributed by atoms with Crippen LogP contribution in [0.4, 0.5) is 5.69 Å². The van der Waals surface area contributed by atoms with Crippen LogP contribution in [0.25, 0.3) is 0 Å². The van der Waals surface area contributed by atoms with Crippen molar-refractivity contribution in [1.29, 1.82) is 5.26 Å². The van der Waals surface area contributed by atoms with Gasteiger partial charge in [-0.25, -0.2) is 0 Å². The molecule has 33 heavy (non-hydrogen) atoms. The first-order chi connectivity index (χ1) is 16.0. The molecule has 1 amide bonds. The number of hydrogen-bond acceptors (Lipinski definition) is 7. The maximum absolute atomic E-state index is 13.2. The van der Waals surface area contributed by atoms with Crippen molar-refractivity contribution in [2.24, 2.45) is 0 Å². The second-order valence-corrected chi connectivity index (χ2v) is 8.78. The summed E-state index contributed by atoms with van der Waals surface area (Å²) in [7, 11) is 4.65. The van der Waals surface area contributed by atoms with Crippen LogP contribution in [0.15, 0.2) is 47.0 Å². The molecule has 7 nitrogen and oxygen atoms in total. The summed E-state index contributed by atoms with van der Waals surface area (Å²) in [6, 6.07) is 14.4. The molecular weight excluding hydrogens is 438 g/mol. The van der Waals surface area contributed by atoms with Crippen LogP contribution in [0.5, 0.6) is 17.2 Å². The number of ether oxygens (including phenoxy) is 3. The van der Waals surface area contributed by atoms with E-state index < -0.39 is 0 Å². The second-order valence-electron chi connectivity index (χ2n) is 7.84. The van der Waals surface area contributed by atoms with Gasteiger partial charge in [0.1, 0.15) is 0 Å². The highest BCUT2D eigenvalue weighted by atomic mass is 32.2. The fourth-order valence-electron chi connectivity index (χ4n) is 4.26. The Morgan fingerprint density at radius 2 is 1.76 bits per heavy atom. The molecule has 8 heteroatoms. The molecule has 0 N–H and O–H groups in total. The smallest absolute Gasteiger partial charge is 0.229 e. The molecule has 0 saturated carbocycles. The van der Waals surface area contributed by atoms with E-state index in [0.717, 1.165) is 22.7 Å². The Balaban J connectivity index is 1.68. The van der Waals surface area contributed by atoms with Crippen LogP contribution in [0, 0.1) is 11.3 Å². The molecule has 0 aliphatic carbocycles. The molecule has 2 aliphatic heterocycles. The number of carbonyl (C=O) groups is 1. The quantitative estimate of drug-likeness (QED) is 0.622. The van der Waals surface area contributed by atoms with Crippen molar-refractivity contribution in [1.82, 2.24) is 4.90 Å². The number of nitrogens with zero attached hydrogens (tertiary/aromatic N) is 3. The van der Waals surface area contributed by atoms with Gasteiger partial charge in [0.25, 0.3) is 0 Å². The van der Waals surface area contributed by atoms with Gasteiger partial charge in [0.05, 0.1) is 50.5 Å². The summed E-state index contributed by atoms with van der Waals surface area (Å²) in [5, 5.41) is 10.8. The van der Waals surface area contributed by atoms with Crippen LogP contribution < -0.4 is 19.1 Å². The molecule has 2 heterocycles. The Kier molecular flexibility index (Phi) is 6.70. The van der Waals surface area contributed by atoms with Gasteiger partial charge in [0.2, 0.25) is 11.7 Å². The second kappa shape index (κ2) is 9.67. The molecule has 172 valence electrons. The number of aryl methyl sites for hydroxylation is 1. The summed E-state index contributed by atoms with van der Waals surface area (Å²) < 4.78 is 16.4. The van der Waals surface area contributed by atoms with Crippen LogP contribution in [0.1, 0.15) is 30.4 Å². The predicted octanol–water partition coefficient (Wildman–Crippen LogP) is 4.49. The van der Waals surface area contributed by atoms with Crippen molar-refractivity contribution >= 4 is 23.4 Å². The fourth-order valence-corrected chi connectivity index (χ4v) is 5.42. The Morgan fingerprint density at radius 1 is 1.09 bits per heavy atom. The third-order valence-corrected chi connectivity index (χ3v) is 7.25. The first-order valence-electron chi connectivity index (χ1n) is 10.8. The minimum atomic E-state index is -0.370. The van der Waals surface area contributed by atoms with Crippen molar-refractivity contribution in [3.05, 3.63) is 58.1 Å². The number of fused-ring (bicyclic) bond motifs is 1. The van der Waals surface area contributed by atoms with Crippen LogP contribution in [-0.2, 0) is 11.2 Å². The number of amides is 1. The molecule has 4 rings (SSSR count). The van der Waals surface area contributed by atoms with Crippen LogP contribution in [0.3, 0.4) is 0 Å². The summed E-state index contributed by atoms with van der Waals surface area (Å²) in [6.07, 6.45) is 1.19. The molecule has 0 aromatic heterocycles. The van der Waals surface area contributed by atoms with Gasteiger partial charge in [-0.05, 0) is 41.8 Å². The maximum atomic E-state index is 13.2. The molecular formula is C25H27N3O4S. The zero-order valence-corrected chi connectivity index (χ0v) is 20.1. The maximum Gasteiger partial charge on any atom is 0.229 e. The normalized spacial score (nSPS) is 18.0. The number of benzene rings is 2. The van der Waals surface area contributed by atoms with Gasteiger partial charge in [-0.1, -0.05) is 30.8 Å². The van der Waals surface area contributed by atoms with Gasteiger partial charge in [0, 0.05) is 18.0 Å². The fraction of sp³-hybridized carbons (Fsp3) is 0.360. The van der Waals surface area contributed by atoms with E-state index >= 15 is 0 Å². The first-order valence-corrected chi connectivity index (χ1v) is 11.7. The van der Waals surface area contributed by atoms with E-state index in [-0.39, 0.29) is 18.2 Å². The number of nitriles is 1. The highest BCUT2D eigenvalue weighted by Gasteiger charge is 2.39. The van der Waals surface area contributed by atoms with E-state index in [4.69, 9.17) is 14.2 Å². The molecule has 0 spiro atoms. The Labute approximate surface area is 198 Å². The SMILES string of the molecule is CCc1ccc(N2CSC3=C(C#N)[C@H](c4cc(OC)c(OC)c(OC)c4)CC(=O)N3C2)cc1. The van der Waals surface area contributed by atoms with Gasteiger partial charge in [-0.2, -0.15) is 5.26 Å². The van der Waals surface area contributed by atoms with Crippen LogP contribution in [-0.4, -0.2) is 44.7 Å². The van der Waals surface area contributed by atoms with Crippen molar-refractivity contribution < 1.29 is 19.0 Å². The molecule has 2 aromatic carbocycles. The van der Waals surface area contributed by atoms with E-state index in [0.29, 0.717) is 35.4 Å². The van der Waals surface area contributed by atoms with Crippen molar-refractivity contribution in [2.75, 3.05) is 38.8 Å². The van der Waals surface area contributed by atoms with Gasteiger partial charge < -0.3 is 19.1 Å². The Morgan fingerprint density at radius 3 is 2.30 bits per heavy atom. The number of anilines is 1. The minimum Gasteiger partial charge on any atom is -0.493 e. The van der Waals surface area contributed by atoms with Gasteiger partial charge in [0.15, 0.2) is 11.5 Å². The minimum absolute atomic E-state index is 0.00914. The number of thioether (sulfide) groups is 1. The Hall–Kier alpha value is -3.31. The van der Waals surface area contributed by atoms with Crippen molar-refractivity contribution in [3.8, 4) is 23.3 Å². The van der Waals surface area contributed by atoms with Gasteiger partial charge in [-0.15, -0.1) is 0 Å². The summed E-state index contributed by atoms with van der Waals surface area (Å²) in [5.41, 5.74) is 3.73. The molecule has 2 aliphatic rings. The zero-order valence-electron chi connectivity index (χ0n) is 19.3. The molecule has 2 aromatic rings. The highest BCUT2D eigenvalue weighted by molar-refractivity contribution is 8.03. The lowest BCUT2D eigenvalue weighted by Crippen LogP contribution is -2.47. The highest BCUT2D eigenvalue weighted by Crippen LogP contribution is 2.47. The average molecular weight is 466 g/mol. The lowest BCUT2D eigenvalue weighted by atomic mass is 9.86. The standard InChI is InChI=1S/C25H27N3O4S/c1-5-16-6-8-18(9-7-16)27-14-28-23(29)12-19(20(13-26)25(28)33-15-27)17-10-21(30-2)24(32-4)22(11-17)31-3/h6-11,19H,5,12,14-15H2,1-4H3/t19-/m0/s1. The largest absolute Gasteiger partial charge is 0.493 e. The van der Waals surface area contributed by atoms with E-state index in [1.807, 2.05) is 12.1 Å². The van der Waals surface area contributed by atoms with E-state index in [1.165, 1.54) is 17.3 Å². The zero-order chi connectivity index (χ0) is 23.5. The third kappa shape index (κ3) is 4.21. The van der Waals surface area contributed by atoms with Crippen LogP contribution in [0.2, 0.25) is 0 Å². The monoisotopic (exact) mass is 465 g/mol. The molecule has 1 atom stereocenters. The summed E-state index contributed by atoms with van der Waals surface area (Å²) in [5.74, 6) is 1.77. The van der Waals surface area contributed by atoms with Crippen molar-refractivity contribution in [2.45, 2.75) is 25.7 Å². The summed E-state index contributed by atoms with van der Waals surface area (Å²) >= 11 is 1.52. The molecule has 1 fully saturated rings. The molecule has 0 unspecified atom stereocenters. The summed E-state index contributed by atoms with van der Waals surface area (Å²) in [6.45, 7) is 2.56. The molecule has 0 bridgehead atoms. The number of allylic oxidation sites excluding steroid dienone is 1. The molecule has 0 radical (unpaired) electrons. The topological polar surface area (TPSA) is 75.0 Å². The van der Waals surface area contributed by atoms with E-state index in [1.54, 1.807) is 26.2 Å². The van der Waals surface area contributed by atoms with Crippen LogP contribution >= 0.6 is 11.8 Å². The van der Waals surface area contributed by atoms with E-state index in [2.05, 4.69) is 42.2 Å². The number of methoxy groups -OCH3 is 3. The Bertz CT molecular complexity index is 1100. The number of rotatable bonds is 6. The third-order valence-electron chi connectivity index (χ3n) is 6.09. The van der Waals surface area contributed by atoms with Gasteiger partial charge in [-0.3, -0.25) is 9.69 Å². The first kappa shape index (κ1) is 22.9. The lowest BCUT2D eigenvalue weighted by molar-refractivity contribution is -0.129. The van der Waals surface area contributed by atoms with Gasteiger partial charge >= 0.3 is 0 Å². The predicted molar refractivity (Wildman–Crippen MR) is 129 cm³/mol. The van der Waals surface area contributed by atoms with E-state index in [9.17, 15) is 10.1 Å². The average Bonchev–Trinajstić information content (AvgIpc) is 2.87. The molecule has 1 saturated heterocycles. The van der Waals surface area contributed by atoms with Crippen molar-refractivity contribution in [3.63, 3.8) is 0 Å². The lowest BCUT2D eigenvalue weighted by Gasteiger charge is -2.42. The number of carbonyl (C=O) groups excluding carboxylic acids is 1.